The zero-order valence-electron chi connectivity index (χ0n) is 7.37. The van der Waals surface area contributed by atoms with E-state index in [0.717, 1.165) is 12.7 Å². The topological polar surface area (TPSA) is 54.4 Å². The van der Waals surface area contributed by atoms with Crippen molar-refractivity contribution in [2.45, 2.75) is 26.4 Å². The van der Waals surface area contributed by atoms with Gasteiger partial charge in [-0.25, -0.2) is 0 Å². The summed E-state index contributed by atoms with van der Waals surface area (Å²) < 4.78 is 0. The normalized spacial score (nSPS) is 13.7. The molecule has 0 aromatic rings. The highest BCUT2D eigenvalue weighted by atomic mass is 35.5. The molecule has 0 spiro atoms. The van der Waals surface area contributed by atoms with Crippen molar-refractivity contribution in [2.24, 2.45) is 5.92 Å². The lowest BCUT2D eigenvalue weighted by molar-refractivity contribution is -0.114. The minimum Gasteiger partial charge on any atom is -0.384 e. The number of aldehydes is 2. The monoisotopic (exact) mass is 194 g/mol. The molecule has 0 radical (unpaired) electrons. The smallest absolute Gasteiger partial charge is 0.149 e. The molecule has 0 aliphatic carbocycles. The molecule has 0 fully saturated rings. The Bertz CT molecular complexity index is 103. The molecule has 0 saturated carbocycles. The number of rotatable bonds is 4. The van der Waals surface area contributed by atoms with Crippen LogP contribution in [0.1, 0.15) is 20.3 Å². The standard InChI is InChI=1S/C5H10O.C3H5ClO2/c1-3-5(2)4-6;4-1-3(6)2-5/h4-5H,3H2,1-2H3;2-3,6H,1H2. The Morgan fingerprint density at radius 2 is 1.92 bits per heavy atom. The van der Waals surface area contributed by atoms with E-state index < -0.39 is 6.10 Å². The first-order valence-corrected chi connectivity index (χ1v) is 4.30. The summed E-state index contributed by atoms with van der Waals surface area (Å²) in [4.78, 5) is 19.1. The Balaban J connectivity index is 0. The van der Waals surface area contributed by atoms with Gasteiger partial charge in [0.1, 0.15) is 18.7 Å². The maximum absolute atomic E-state index is 9.74. The van der Waals surface area contributed by atoms with E-state index in [1.807, 2.05) is 13.8 Å². The largest absolute Gasteiger partial charge is 0.384 e. The molecule has 0 amide bonds. The maximum atomic E-state index is 9.74. The van der Waals surface area contributed by atoms with Crippen molar-refractivity contribution in [3.8, 4) is 0 Å². The molecule has 0 aliphatic heterocycles. The fraction of sp³-hybridized carbons (Fsp3) is 0.750. The average molecular weight is 195 g/mol. The Morgan fingerprint density at radius 1 is 1.42 bits per heavy atom. The molecule has 0 heterocycles. The van der Waals surface area contributed by atoms with Crippen LogP contribution in [-0.2, 0) is 9.59 Å². The van der Waals surface area contributed by atoms with Gasteiger partial charge in [0.25, 0.3) is 0 Å². The van der Waals surface area contributed by atoms with Crippen LogP contribution in [0.4, 0.5) is 0 Å². The molecule has 1 N–H and O–H groups in total. The Labute approximate surface area is 77.7 Å². The van der Waals surface area contributed by atoms with Gasteiger partial charge in [-0.3, -0.25) is 0 Å². The Hall–Kier alpha value is -0.410. The molecule has 0 saturated heterocycles. The van der Waals surface area contributed by atoms with Crippen LogP contribution in [0, 0.1) is 5.92 Å². The summed E-state index contributed by atoms with van der Waals surface area (Å²) >= 11 is 4.97. The average Bonchev–Trinajstić information content (AvgIpc) is 2.16. The second-order valence-electron chi connectivity index (χ2n) is 2.38. The lowest BCUT2D eigenvalue weighted by atomic mass is 10.2. The van der Waals surface area contributed by atoms with E-state index in [-0.39, 0.29) is 11.8 Å². The van der Waals surface area contributed by atoms with Gasteiger partial charge >= 0.3 is 0 Å². The molecule has 0 bridgehead atoms. The first-order chi connectivity index (χ1) is 5.62. The van der Waals surface area contributed by atoms with E-state index >= 15 is 0 Å². The van der Waals surface area contributed by atoms with Crippen molar-refractivity contribution in [3.63, 3.8) is 0 Å². The maximum Gasteiger partial charge on any atom is 0.149 e. The van der Waals surface area contributed by atoms with Crippen LogP contribution < -0.4 is 0 Å². The number of halogens is 1. The number of aliphatic hydroxyl groups is 1. The summed E-state index contributed by atoms with van der Waals surface area (Å²) in [7, 11) is 0. The summed E-state index contributed by atoms with van der Waals surface area (Å²) in [6, 6.07) is 0. The minimum absolute atomic E-state index is 0.0104. The summed E-state index contributed by atoms with van der Waals surface area (Å²) in [5.41, 5.74) is 0. The van der Waals surface area contributed by atoms with Gasteiger partial charge < -0.3 is 14.7 Å². The molecule has 3 nitrogen and oxygen atoms in total. The van der Waals surface area contributed by atoms with Crippen molar-refractivity contribution < 1.29 is 14.7 Å². The van der Waals surface area contributed by atoms with Gasteiger partial charge in [-0.05, 0) is 6.42 Å². The van der Waals surface area contributed by atoms with Gasteiger partial charge in [0.2, 0.25) is 0 Å². The Kier molecular flexibility index (Phi) is 12.5. The van der Waals surface area contributed by atoms with Gasteiger partial charge in [-0.15, -0.1) is 11.6 Å². The van der Waals surface area contributed by atoms with Gasteiger partial charge in [0.15, 0.2) is 0 Å². The molecule has 4 heteroatoms. The second-order valence-corrected chi connectivity index (χ2v) is 2.69. The van der Waals surface area contributed by atoms with E-state index in [1.54, 1.807) is 0 Å². The highest BCUT2D eigenvalue weighted by molar-refractivity contribution is 6.19. The summed E-state index contributed by atoms with van der Waals surface area (Å²) in [5, 5.41) is 8.17. The summed E-state index contributed by atoms with van der Waals surface area (Å²) in [6.07, 6.45) is 1.35. The lowest BCUT2D eigenvalue weighted by Crippen LogP contribution is -2.08. The zero-order valence-corrected chi connectivity index (χ0v) is 8.12. The minimum atomic E-state index is -0.980. The van der Waals surface area contributed by atoms with E-state index in [9.17, 15) is 9.59 Å². The first kappa shape index (κ1) is 14.1. The number of hydrogen-bond donors (Lipinski definition) is 1. The zero-order chi connectivity index (χ0) is 9.98. The molecular weight excluding hydrogens is 180 g/mol. The third-order valence-electron chi connectivity index (χ3n) is 1.19. The van der Waals surface area contributed by atoms with E-state index in [2.05, 4.69) is 0 Å². The SMILES string of the molecule is CCC(C)C=O.O=CC(O)CCl. The molecule has 72 valence electrons. The van der Waals surface area contributed by atoms with Gasteiger partial charge in [-0.1, -0.05) is 13.8 Å². The van der Waals surface area contributed by atoms with Crippen LogP contribution in [0.3, 0.4) is 0 Å². The molecule has 2 unspecified atom stereocenters. The van der Waals surface area contributed by atoms with Crippen LogP contribution in [-0.4, -0.2) is 29.7 Å². The van der Waals surface area contributed by atoms with Crippen LogP contribution in [0.2, 0.25) is 0 Å². The highest BCUT2D eigenvalue weighted by Gasteiger charge is 1.93. The van der Waals surface area contributed by atoms with Crippen molar-refractivity contribution in [2.75, 3.05) is 5.88 Å². The lowest BCUT2D eigenvalue weighted by Gasteiger charge is -1.89. The second kappa shape index (κ2) is 10.6. The molecule has 0 aromatic heterocycles. The quantitative estimate of drug-likeness (QED) is 0.537. The van der Waals surface area contributed by atoms with Crippen molar-refractivity contribution in [3.05, 3.63) is 0 Å². The van der Waals surface area contributed by atoms with E-state index in [4.69, 9.17) is 16.7 Å². The molecular formula is C8H15ClO3. The van der Waals surface area contributed by atoms with Gasteiger partial charge in [-0.2, -0.15) is 0 Å². The van der Waals surface area contributed by atoms with Crippen molar-refractivity contribution in [1.29, 1.82) is 0 Å². The number of carbonyl (C=O) groups is 2. The van der Waals surface area contributed by atoms with Crippen molar-refractivity contribution >= 4 is 24.2 Å². The third-order valence-corrected chi connectivity index (χ3v) is 1.51. The predicted molar refractivity (Wildman–Crippen MR) is 48.3 cm³/mol. The fourth-order valence-electron chi connectivity index (χ4n) is 0.133. The van der Waals surface area contributed by atoms with Gasteiger partial charge in [0, 0.05) is 5.92 Å². The predicted octanol–water partition coefficient (Wildman–Crippen LogP) is 1.02. The van der Waals surface area contributed by atoms with E-state index in [0.29, 0.717) is 6.29 Å². The fourth-order valence-corrected chi connectivity index (χ4v) is 0.205. The molecule has 0 aromatic carbocycles. The Morgan fingerprint density at radius 3 is 1.92 bits per heavy atom. The number of alkyl halides is 1. The van der Waals surface area contributed by atoms with Crippen LogP contribution in [0.25, 0.3) is 0 Å². The van der Waals surface area contributed by atoms with Crippen LogP contribution in [0.15, 0.2) is 0 Å². The van der Waals surface area contributed by atoms with Crippen molar-refractivity contribution in [1.82, 2.24) is 0 Å². The number of hydrogen-bond acceptors (Lipinski definition) is 3. The van der Waals surface area contributed by atoms with Gasteiger partial charge in [0.05, 0.1) is 5.88 Å². The highest BCUT2D eigenvalue weighted by Crippen LogP contribution is 1.91. The number of aliphatic hydroxyl groups excluding tert-OH is 1. The molecule has 2 atom stereocenters. The van der Waals surface area contributed by atoms with Crippen LogP contribution >= 0.6 is 11.6 Å². The molecule has 0 aliphatic rings. The third kappa shape index (κ3) is 12.3. The first-order valence-electron chi connectivity index (χ1n) is 3.76. The molecule has 12 heavy (non-hydrogen) atoms. The summed E-state index contributed by atoms with van der Waals surface area (Å²) in [6.45, 7) is 3.91. The van der Waals surface area contributed by atoms with E-state index in [1.165, 1.54) is 0 Å². The molecule has 0 rings (SSSR count). The summed E-state index contributed by atoms with van der Waals surface area (Å²) in [5.74, 6) is 0.244. The van der Waals surface area contributed by atoms with Crippen LogP contribution in [0.5, 0.6) is 0 Å². The number of carbonyl (C=O) groups excluding carboxylic acids is 2.